The molecule has 41 heavy (non-hydrogen) atoms. The smallest absolute Gasteiger partial charge is 0.405 e. The number of ether oxygens (including phenoxy) is 1. The fourth-order valence-corrected chi connectivity index (χ4v) is 4.40. The number of carbonyl (C=O) groups excluding carboxylic acids is 2. The van der Waals surface area contributed by atoms with Crippen molar-refractivity contribution in [3.63, 3.8) is 0 Å². The molecule has 212 valence electrons. The molecule has 7 nitrogen and oxygen atoms in total. The minimum Gasteiger partial charge on any atom is -0.405 e. The maximum absolute atomic E-state index is 13.4. The number of anilines is 1. The molecule has 0 radical (unpaired) electrons. The molecule has 0 saturated heterocycles. The molecule has 0 fully saturated rings. The minimum absolute atomic E-state index is 0.210. The van der Waals surface area contributed by atoms with E-state index < -0.39 is 30.2 Å². The number of fused-ring (bicyclic) bond motifs is 1. The van der Waals surface area contributed by atoms with E-state index in [2.05, 4.69) is 32.2 Å². The van der Waals surface area contributed by atoms with Crippen molar-refractivity contribution in [2.24, 2.45) is 0 Å². The zero-order valence-corrected chi connectivity index (χ0v) is 22.6. The van der Waals surface area contributed by atoms with Gasteiger partial charge in [-0.2, -0.15) is 0 Å². The Labute approximate surface area is 234 Å². The second-order valence-electron chi connectivity index (χ2n) is 9.93. The largest absolute Gasteiger partial charge is 0.573 e. The number of rotatable bonds is 7. The maximum atomic E-state index is 13.4. The number of alkyl halides is 3. The predicted octanol–water partition coefficient (Wildman–Crippen LogP) is 5.46. The number of amides is 2. The quantitative estimate of drug-likeness (QED) is 0.224. The predicted molar refractivity (Wildman–Crippen MR) is 150 cm³/mol. The lowest BCUT2D eigenvalue weighted by molar-refractivity contribution is -0.274. The highest BCUT2D eigenvalue weighted by atomic mass is 19.4. The molecule has 0 aliphatic rings. The van der Waals surface area contributed by atoms with Crippen LogP contribution in [0.2, 0.25) is 0 Å². The van der Waals surface area contributed by atoms with E-state index in [0.29, 0.717) is 11.3 Å². The number of H-pyrrole nitrogens is 1. The van der Waals surface area contributed by atoms with Crippen LogP contribution in [0.4, 0.5) is 18.9 Å². The molecule has 1 unspecified atom stereocenters. The number of nitrogens with one attached hydrogen (secondary N) is 3. The highest BCUT2D eigenvalue weighted by molar-refractivity contribution is 5.98. The van der Waals surface area contributed by atoms with Gasteiger partial charge in [-0.05, 0) is 73.9 Å². The molecule has 4 rings (SSSR count). The van der Waals surface area contributed by atoms with Crippen LogP contribution in [0.3, 0.4) is 0 Å². The van der Waals surface area contributed by atoms with Gasteiger partial charge in [0.05, 0.1) is 17.7 Å². The van der Waals surface area contributed by atoms with Crippen LogP contribution in [-0.4, -0.2) is 40.4 Å². The van der Waals surface area contributed by atoms with Gasteiger partial charge in [0.25, 0.3) is 5.91 Å². The van der Waals surface area contributed by atoms with Crippen molar-refractivity contribution in [1.29, 1.82) is 0 Å². The van der Waals surface area contributed by atoms with Gasteiger partial charge in [-0.3, -0.25) is 9.59 Å². The SMILES string of the molecule is CC(=O)Nc1ccc(C#Cc2ccc(OC(F)(F)F)c(C(=O)NC(C)(CO)Cc3c[nH]c4ccccc34)c2)c(C)c1. The van der Waals surface area contributed by atoms with Crippen molar-refractivity contribution in [2.45, 2.75) is 39.1 Å². The van der Waals surface area contributed by atoms with E-state index in [4.69, 9.17) is 0 Å². The summed E-state index contributed by atoms with van der Waals surface area (Å²) in [4.78, 5) is 27.8. The minimum atomic E-state index is -5.03. The normalized spacial score (nSPS) is 12.7. The summed E-state index contributed by atoms with van der Waals surface area (Å²) < 4.78 is 43.6. The number of hydrogen-bond donors (Lipinski definition) is 4. The third-order valence-corrected chi connectivity index (χ3v) is 6.36. The van der Waals surface area contributed by atoms with Crippen LogP contribution in [0.25, 0.3) is 10.9 Å². The van der Waals surface area contributed by atoms with Gasteiger partial charge in [0.1, 0.15) is 5.75 Å². The molecular formula is C31H28F3N3O4. The third-order valence-electron chi connectivity index (χ3n) is 6.36. The number of hydrogen-bond acceptors (Lipinski definition) is 4. The molecule has 1 aromatic heterocycles. The Hall–Kier alpha value is -4.75. The number of carbonyl (C=O) groups is 2. The van der Waals surface area contributed by atoms with E-state index in [0.717, 1.165) is 28.1 Å². The van der Waals surface area contributed by atoms with E-state index >= 15 is 0 Å². The highest BCUT2D eigenvalue weighted by Crippen LogP contribution is 2.29. The van der Waals surface area contributed by atoms with E-state index in [1.165, 1.54) is 19.1 Å². The van der Waals surface area contributed by atoms with Gasteiger partial charge in [-0.25, -0.2) is 0 Å². The van der Waals surface area contributed by atoms with Crippen molar-refractivity contribution in [3.05, 3.63) is 94.7 Å². The summed E-state index contributed by atoms with van der Waals surface area (Å²) in [5.74, 6) is 4.06. The van der Waals surface area contributed by atoms with Crippen molar-refractivity contribution < 1.29 is 32.6 Å². The summed E-state index contributed by atoms with van der Waals surface area (Å²) >= 11 is 0. The summed E-state index contributed by atoms with van der Waals surface area (Å²) in [7, 11) is 0. The Morgan fingerprint density at radius 2 is 1.80 bits per heavy atom. The van der Waals surface area contributed by atoms with E-state index in [1.807, 2.05) is 24.3 Å². The summed E-state index contributed by atoms with van der Waals surface area (Å²) in [6.45, 7) is 4.33. The van der Waals surface area contributed by atoms with Crippen LogP contribution in [-0.2, 0) is 11.2 Å². The zero-order chi connectivity index (χ0) is 29.8. The van der Waals surface area contributed by atoms with Gasteiger partial charge >= 0.3 is 6.36 Å². The van der Waals surface area contributed by atoms with E-state index in [9.17, 15) is 27.9 Å². The average molecular weight is 564 g/mol. The first-order valence-corrected chi connectivity index (χ1v) is 12.6. The lowest BCUT2D eigenvalue weighted by Gasteiger charge is -2.29. The number of aliphatic hydroxyl groups is 1. The Kier molecular flexibility index (Phi) is 8.40. The van der Waals surface area contributed by atoms with Crippen LogP contribution < -0.4 is 15.4 Å². The Morgan fingerprint density at radius 3 is 2.49 bits per heavy atom. The topological polar surface area (TPSA) is 103 Å². The van der Waals surface area contributed by atoms with Crippen molar-refractivity contribution in [3.8, 4) is 17.6 Å². The number of para-hydroxylation sites is 1. The zero-order valence-electron chi connectivity index (χ0n) is 22.6. The van der Waals surface area contributed by atoms with Crippen molar-refractivity contribution in [2.75, 3.05) is 11.9 Å². The second kappa shape index (κ2) is 11.8. The molecule has 0 bridgehead atoms. The molecular weight excluding hydrogens is 535 g/mol. The van der Waals surface area contributed by atoms with Crippen LogP contribution in [0.15, 0.2) is 66.9 Å². The highest BCUT2D eigenvalue weighted by Gasteiger charge is 2.34. The molecule has 1 heterocycles. The fourth-order valence-electron chi connectivity index (χ4n) is 4.40. The summed E-state index contributed by atoms with van der Waals surface area (Å²) in [6, 6.07) is 16.2. The molecule has 4 aromatic rings. The maximum Gasteiger partial charge on any atom is 0.573 e. The van der Waals surface area contributed by atoms with Crippen molar-refractivity contribution >= 4 is 28.4 Å². The molecule has 2 amide bonds. The number of aromatic nitrogens is 1. The molecule has 4 N–H and O–H groups in total. The third kappa shape index (κ3) is 7.47. The van der Waals surface area contributed by atoms with Crippen LogP contribution in [0, 0.1) is 18.8 Å². The molecule has 10 heteroatoms. The average Bonchev–Trinajstić information content (AvgIpc) is 3.30. The Morgan fingerprint density at radius 1 is 1.05 bits per heavy atom. The first-order valence-electron chi connectivity index (χ1n) is 12.6. The molecule has 1 atom stereocenters. The molecule has 3 aromatic carbocycles. The Balaban J connectivity index is 1.63. The summed E-state index contributed by atoms with van der Waals surface area (Å²) in [5, 5.41) is 16.5. The number of aryl methyl sites for hydroxylation is 1. The molecule has 0 spiro atoms. The summed E-state index contributed by atoms with van der Waals surface area (Å²) in [5.41, 5.74) is 2.40. The summed E-state index contributed by atoms with van der Waals surface area (Å²) in [6.07, 6.45) is -3.05. The van der Waals surface area contributed by atoms with Gasteiger partial charge in [-0.1, -0.05) is 30.0 Å². The van der Waals surface area contributed by atoms with Crippen molar-refractivity contribution in [1.82, 2.24) is 10.3 Å². The van der Waals surface area contributed by atoms with E-state index in [1.54, 1.807) is 38.2 Å². The lowest BCUT2D eigenvalue weighted by atomic mass is 9.92. The monoisotopic (exact) mass is 563 g/mol. The van der Waals surface area contributed by atoms with E-state index in [-0.39, 0.29) is 23.5 Å². The number of aromatic amines is 1. The van der Waals surface area contributed by atoms with Crippen LogP contribution in [0.5, 0.6) is 5.75 Å². The number of aliphatic hydroxyl groups excluding tert-OH is 1. The first kappa shape index (κ1) is 29.2. The van der Waals surface area contributed by atoms with Gasteiger partial charge in [0, 0.05) is 40.8 Å². The Bertz CT molecular complexity index is 1670. The van der Waals surface area contributed by atoms with Crippen LogP contribution in [0.1, 0.15) is 46.5 Å². The number of halogens is 3. The fraction of sp³-hybridized carbons (Fsp3) is 0.226. The van der Waals surface area contributed by atoms with Gasteiger partial charge in [0.15, 0.2) is 0 Å². The van der Waals surface area contributed by atoms with Gasteiger partial charge < -0.3 is 25.5 Å². The molecule has 0 saturated carbocycles. The second-order valence-corrected chi connectivity index (χ2v) is 9.93. The molecule has 0 aliphatic heterocycles. The first-order chi connectivity index (χ1) is 19.4. The number of benzene rings is 3. The molecule has 0 aliphatic carbocycles. The van der Waals surface area contributed by atoms with Crippen LogP contribution >= 0.6 is 0 Å². The van der Waals surface area contributed by atoms with Gasteiger partial charge in [-0.15, -0.1) is 13.2 Å². The lowest BCUT2D eigenvalue weighted by Crippen LogP contribution is -2.50. The van der Waals surface area contributed by atoms with Gasteiger partial charge in [0.2, 0.25) is 5.91 Å². The standard InChI is InChI=1S/C31H28F3N3O4/c1-19-14-24(36-20(2)39)12-11-22(19)10-8-21-9-13-28(41-31(32,33)34)26(15-21)29(40)37-30(3,18-38)16-23-17-35-27-7-5-4-6-25(23)27/h4-7,9,11-15,17,35,38H,16,18H2,1-3H3,(H,36,39)(H,37,40).